The molecule has 2 rings (SSSR count). The molecule has 1 saturated heterocycles. The Bertz CT molecular complexity index is 399. The number of aromatic nitrogens is 1. The molecule has 86 valence electrons. The highest BCUT2D eigenvalue weighted by Crippen LogP contribution is 2.17. The fourth-order valence-electron chi connectivity index (χ4n) is 1.67. The first kappa shape index (κ1) is 10.8. The maximum atomic E-state index is 13.0. The molecule has 0 aliphatic carbocycles. The molecule has 16 heavy (non-hydrogen) atoms. The average molecular weight is 225 g/mol. The van der Waals surface area contributed by atoms with E-state index in [-0.39, 0.29) is 6.61 Å². The number of carbonyl (C=O) groups excluding carboxylic acids is 1. The average Bonchev–Trinajstić information content (AvgIpc) is 2.29. The third-order valence-corrected chi connectivity index (χ3v) is 2.45. The van der Waals surface area contributed by atoms with Gasteiger partial charge < -0.3 is 15.4 Å². The van der Waals surface area contributed by atoms with Crippen molar-refractivity contribution in [3.63, 3.8) is 0 Å². The molecule has 1 aromatic heterocycles. The standard InChI is InChI=1S/C10H12FN3O2/c11-8-2-1-3-9(13-8)14-4-5-16-6-7(14)10(12)15/h1-3,7H,4-6H2,(H2,12,15). The summed E-state index contributed by atoms with van der Waals surface area (Å²) in [5.41, 5.74) is 5.25. The summed E-state index contributed by atoms with van der Waals surface area (Å²) in [6.45, 7) is 1.17. The largest absolute Gasteiger partial charge is 0.377 e. The fourth-order valence-corrected chi connectivity index (χ4v) is 1.67. The number of anilines is 1. The lowest BCUT2D eigenvalue weighted by molar-refractivity contribution is -0.121. The number of rotatable bonds is 2. The quantitative estimate of drug-likeness (QED) is 0.714. The molecular weight excluding hydrogens is 213 g/mol. The zero-order valence-electron chi connectivity index (χ0n) is 8.60. The van der Waals surface area contributed by atoms with Gasteiger partial charge >= 0.3 is 0 Å². The number of pyridine rings is 1. The Balaban J connectivity index is 2.26. The van der Waals surface area contributed by atoms with Crippen molar-refractivity contribution in [1.29, 1.82) is 0 Å². The topological polar surface area (TPSA) is 68.5 Å². The predicted molar refractivity (Wildman–Crippen MR) is 55.3 cm³/mol. The smallest absolute Gasteiger partial charge is 0.242 e. The van der Waals surface area contributed by atoms with Gasteiger partial charge in [-0.3, -0.25) is 4.79 Å². The molecular formula is C10H12FN3O2. The van der Waals surface area contributed by atoms with E-state index >= 15 is 0 Å². The van der Waals surface area contributed by atoms with Gasteiger partial charge in [0.25, 0.3) is 0 Å². The Morgan fingerprint density at radius 3 is 3.12 bits per heavy atom. The van der Waals surface area contributed by atoms with E-state index in [4.69, 9.17) is 10.5 Å². The van der Waals surface area contributed by atoms with Gasteiger partial charge in [-0.05, 0) is 12.1 Å². The van der Waals surface area contributed by atoms with Gasteiger partial charge in [-0.25, -0.2) is 4.98 Å². The summed E-state index contributed by atoms with van der Waals surface area (Å²) >= 11 is 0. The maximum absolute atomic E-state index is 13.0. The molecule has 0 bridgehead atoms. The van der Waals surface area contributed by atoms with E-state index in [1.165, 1.54) is 6.07 Å². The summed E-state index contributed by atoms with van der Waals surface area (Å²) in [4.78, 5) is 16.6. The Labute approximate surface area is 92.0 Å². The van der Waals surface area contributed by atoms with Crippen molar-refractivity contribution in [3.8, 4) is 0 Å². The van der Waals surface area contributed by atoms with Crippen LogP contribution in [0.2, 0.25) is 0 Å². The molecule has 1 unspecified atom stereocenters. The molecule has 0 spiro atoms. The third-order valence-electron chi connectivity index (χ3n) is 2.45. The van der Waals surface area contributed by atoms with Crippen molar-refractivity contribution in [2.45, 2.75) is 6.04 Å². The van der Waals surface area contributed by atoms with Crippen LogP contribution in [0.15, 0.2) is 18.2 Å². The summed E-state index contributed by atoms with van der Waals surface area (Å²) in [5.74, 6) is -0.662. The van der Waals surface area contributed by atoms with Crippen molar-refractivity contribution < 1.29 is 13.9 Å². The molecule has 2 N–H and O–H groups in total. The molecule has 1 aliphatic heterocycles. The summed E-state index contributed by atoms with van der Waals surface area (Å²) in [5, 5.41) is 0. The number of hydrogen-bond acceptors (Lipinski definition) is 4. The number of primary amides is 1. The summed E-state index contributed by atoms with van der Waals surface area (Å²) in [7, 11) is 0. The Morgan fingerprint density at radius 2 is 2.44 bits per heavy atom. The zero-order chi connectivity index (χ0) is 11.5. The predicted octanol–water partition coefficient (Wildman–Crippen LogP) is -0.0888. The molecule has 6 heteroatoms. The summed E-state index contributed by atoms with van der Waals surface area (Å²) in [6.07, 6.45) is 0. The van der Waals surface area contributed by atoms with Crippen molar-refractivity contribution in [2.24, 2.45) is 5.73 Å². The van der Waals surface area contributed by atoms with Crippen molar-refractivity contribution in [3.05, 3.63) is 24.1 Å². The fraction of sp³-hybridized carbons (Fsp3) is 0.400. The van der Waals surface area contributed by atoms with Gasteiger partial charge in [0.1, 0.15) is 11.9 Å². The van der Waals surface area contributed by atoms with Crippen molar-refractivity contribution in [2.75, 3.05) is 24.7 Å². The van der Waals surface area contributed by atoms with E-state index in [2.05, 4.69) is 4.98 Å². The monoisotopic (exact) mass is 225 g/mol. The second kappa shape index (κ2) is 4.44. The first-order valence-electron chi connectivity index (χ1n) is 4.95. The van der Waals surface area contributed by atoms with Crippen LogP contribution < -0.4 is 10.6 Å². The Kier molecular flexibility index (Phi) is 3.00. The third kappa shape index (κ3) is 2.11. The highest BCUT2D eigenvalue weighted by molar-refractivity contribution is 5.83. The van der Waals surface area contributed by atoms with E-state index in [0.717, 1.165) is 0 Å². The number of halogens is 1. The van der Waals surface area contributed by atoms with Crippen LogP contribution in [0.5, 0.6) is 0 Å². The van der Waals surface area contributed by atoms with Gasteiger partial charge in [0, 0.05) is 6.54 Å². The SMILES string of the molecule is NC(=O)C1COCCN1c1cccc(F)n1. The van der Waals surface area contributed by atoms with Crippen LogP contribution >= 0.6 is 0 Å². The van der Waals surface area contributed by atoms with E-state index in [9.17, 15) is 9.18 Å². The van der Waals surface area contributed by atoms with Gasteiger partial charge in [-0.15, -0.1) is 0 Å². The molecule has 2 heterocycles. The van der Waals surface area contributed by atoms with Crippen LogP contribution in [0, 0.1) is 5.95 Å². The van der Waals surface area contributed by atoms with Gasteiger partial charge in [0.15, 0.2) is 0 Å². The second-order valence-electron chi connectivity index (χ2n) is 3.50. The number of morpholine rings is 1. The minimum absolute atomic E-state index is 0.216. The second-order valence-corrected chi connectivity index (χ2v) is 3.50. The lowest BCUT2D eigenvalue weighted by atomic mass is 10.2. The van der Waals surface area contributed by atoms with Crippen LogP contribution in [0.3, 0.4) is 0 Å². The first-order valence-corrected chi connectivity index (χ1v) is 4.95. The zero-order valence-corrected chi connectivity index (χ0v) is 8.60. The Morgan fingerprint density at radius 1 is 1.62 bits per heavy atom. The molecule has 1 fully saturated rings. The molecule has 5 nitrogen and oxygen atoms in total. The number of hydrogen-bond donors (Lipinski definition) is 1. The van der Waals surface area contributed by atoms with Crippen LogP contribution in [0.25, 0.3) is 0 Å². The lowest BCUT2D eigenvalue weighted by Crippen LogP contribution is -2.53. The molecule has 1 aromatic rings. The molecule has 0 aromatic carbocycles. The summed E-state index contributed by atoms with van der Waals surface area (Å²) < 4.78 is 18.1. The number of nitrogens with two attached hydrogens (primary N) is 1. The van der Waals surface area contributed by atoms with Gasteiger partial charge in [0.05, 0.1) is 13.2 Å². The van der Waals surface area contributed by atoms with Crippen molar-refractivity contribution in [1.82, 2.24) is 4.98 Å². The molecule has 1 aliphatic rings. The molecule has 1 amide bonds. The van der Waals surface area contributed by atoms with E-state index in [0.29, 0.717) is 19.0 Å². The van der Waals surface area contributed by atoms with E-state index in [1.54, 1.807) is 17.0 Å². The first-order chi connectivity index (χ1) is 7.68. The lowest BCUT2D eigenvalue weighted by Gasteiger charge is -2.34. The van der Waals surface area contributed by atoms with E-state index in [1.807, 2.05) is 0 Å². The molecule has 0 saturated carbocycles. The number of nitrogens with zero attached hydrogens (tertiary/aromatic N) is 2. The number of ether oxygens (including phenoxy) is 1. The van der Waals surface area contributed by atoms with E-state index < -0.39 is 17.9 Å². The van der Waals surface area contributed by atoms with Gasteiger partial charge in [0.2, 0.25) is 11.9 Å². The normalized spacial score (nSPS) is 20.8. The maximum Gasteiger partial charge on any atom is 0.242 e. The van der Waals surface area contributed by atoms with Crippen LogP contribution in [0.1, 0.15) is 0 Å². The highest BCUT2D eigenvalue weighted by atomic mass is 19.1. The van der Waals surface area contributed by atoms with Crippen LogP contribution in [-0.2, 0) is 9.53 Å². The van der Waals surface area contributed by atoms with Crippen LogP contribution in [0.4, 0.5) is 10.2 Å². The highest BCUT2D eigenvalue weighted by Gasteiger charge is 2.28. The minimum Gasteiger partial charge on any atom is -0.377 e. The molecule has 0 radical (unpaired) electrons. The minimum atomic E-state index is -0.581. The van der Waals surface area contributed by atoms with Gasteiger partial charge in [-0.2, -0.15) is 4.39 Å². The molecule has 1 atom stereocenters. The van der Waals surface area contributed by atoms with Crippen LogP contribution in [-0.4, -0.2) is 36.7 Å². The Hall–Kier alpha value is -1.69. The number of carbonyl (C=O) groups is 1. The van der Waals surface area contributed by atoms with Gasteiger partial charge in [-0.1, -0.05) is 6.07 Å². The summed E-state index contributed by atoms with van der Waals surface area (Å²) in [6, 6.07) is 3.86. The van der Waals surface area contributed by atoms with Crippen molar-refractivity contribution >= 4 is 11.7 Å². The number of amides is 1.